The minimum atomic E-state index is -0.435. The Hall–Kier alpha value is -2.84. The van der Waals surface area contributed by atoms with Gasteiger partial charge in [-0.15, -0.1) is 10.2 Å². The molecule has 9 heteroatoms. The Bertz CT molecular complexity index is 1100. The molecule has 0 aliphatic carbocycles. The molecular weight excluding hydrogens is 422 g/mol. The van der Waals surface area contributed by atoms with E-state index in [1.54, 1.807) is 24.3 Å². The second kappa shape index (κ2) is 9.77. The third-order valence-electron chi connectivity index (χ3n) is 4.39. The fraction of sp³-hybridized carbons (Fsp3) is 0.238. The molecule has 2 aromatic carbocycles. The van der Waals surface area contributed by atoms with Crippen LogP contribution in [0.15, 0.2) is 58.5 Å². The first kappa shape index (κ1) is 21.9. The van der Waals surface area contributed by atoms with E-state index in [2.05, 4.69) is 29.4 Å². The highest BCUT2D eigenvalue weighted by Crippen LogP contribution is 2.18. The van der Waals surface area contributed by atoms with Gasteiger partial charge in [-0.25, -0.2) is 0 Å². The van der Waals surface area contributed by atoms with Gasteiger partial charge in [-0.05, 0) is 35.2 Å². The zero-order chi connectivity index (χ0) is 21.7. The molecule has 3 N–H and O–H groups in total. The lowest BCUT2D eigenvalue weighted by molar-refractivity contribution is -0.113. The average molecular weight is 444 g/mol. The molecule has 1 aromatic heterocycles. The SMILES string of the molecule is CC(C)c1ccc(Cc2nnc(SCC(=O)Nc3cccc(Cl)c3)n(N)c2=O)cc1. The van der Waals surface area contributed by atoms with Gasteiger partial charge in [-0.3, -0.25) is 9.59 Å². The van der Waals surface area contributed by atoms with E-state index >= 15 is 0 Å². The number of nitrogen functional groups attached to an aromatic ring is 1. The maximum Gasteiger partial charge on any atom is 0.294 e. The zero-order valence-electron chi connectivity index (χ0n) is 16.6. The summed E-state index contributed by atoms with van der Waals surface area (Å²) in [6.45, 7) is 4.25. The van der Waals surface area contributed by atoms with Crippen molar-refractivity contribution in [3.05, 3.63) is 80.7 Å². The number of nitrogens with zero attached hydrogens (tertiary/aromatic N) is 3. The minimum Gasteiger partial charge on any atom is -0.334 e. The highest BCUT2D eigenvalue weighted by Gasteiger charge is 2.13. The number of nitrogens with one attached hydrogen (secondary N) is 1. The van der Waals surface area contributed by atoms with Gasteiger partial charge in [0.2, 0.25) is 11.1 Å². The molecule has 0 aliphatic rings. The van der Waals surface area contributed by atoms with Gasteiger partial charge in [0.1, 0.15) is 5.69 Å². The van der Waals surface area contributed by atoms with Crippen LogP contribution in [0.4, 0.5) is 5.69 Å². The van der Waals surface area contributed by atoms with E-state index in [0.29, 0.717) is 23.0 Å². The Morgan fingerprint density at radius 2 is 1.93 bits per heavy atom. The first-order chi connectivity index (χ1) is 14.3. The van der Waals surface area contributed by atoms with Gasteiger partial charge in [-0.2, -0.15) is 4.68 Å². The van der Waals surface area contributed by atoms with E-state index in [4.69, 9.17) is 17.4 Å². The summed E-state index contributed by atoms with van der Waals surface area (Å²) >= 11 is 6.94. The minimum absolute atomic E-state index is 0.0217. The van der Waals surface area contributed by atoms with E-state index in [1.165, 1.54) is 5.56 Å². The molecule has 7 nitrogen and oxygen atoms in total. The summed E-state index contributed by atoms with van der Waals surface area (Å²) in [6, 6.07) is 14.9. The highest BCUT2D eigenvalue weighted by atomic mass is 35.5. The maximum absolute atomic E-state index is 12.5. The summed E-state index contributed by atoms with van der Waals surface area (Å²) in [5.74, 6) is 6.08. The van der Waals surface area contributed by atoms with Crippen LogP contribution < -0.4 is 16.7 Å². The number of anilines is 1. The highest BCUT2D eigenvalue weighted by molar-refractivity contribution is 7.99. The Morgan fingerprint density at radius 3 is 2.60 bits per heavy atom. The van der Waals surface area contributed by atoms with Crippen molar-refractivity contribution < 1.29 is 4.79 Å². The van der Waals surface area contributed by atoms with Gasteiger partial charge in [-0.1, -0.05) is 67.5 Å². The molecular formula is C21H22ClN5O2S. The molecule has 3 rings (SSSR count). The molecule has 1 heterocycles. The summed E-state index contributed by atoms with van der Waals surface area (Å²) < 4.78 is 0.933. The molecule has 3 aromatic rings. The number of benzene rings is 2. The lowest BCUT2D eigenvalue weighted by Gasteiger charge is -2.09. The molecule has 0 aliphatic heterocycles. The van der Waals surface area contributed by atoms with Crippen LogP contribution in [-0.4, -0.2) is 26.5 Å². The number of nitrogens with two attached hydrogens (primary N) is 1. The van der Waals surface area contributed by atoms with E-state index in [1.807, 2.05) is 24.3 Å². The smallest absolute Gasteiger partial charge is 0.294 e. The number of rotatable bonds is 7. The third-order valence-corrected chi connectivity index (χ3v) is 5.56. The number of carbonyl (C=O) groups is 1. The van der Waals surface area contributed by atoms with Crippen molar-refractivity contribution in [1.29, 1.82) is 0 Å². The van der Waals surface area contributed by atoms with Gasteiger partial charge in [0.15, 0.2) is 0 Å². The van der Waals surface area contributed by atoms with Gasteiger partial charge in [0, 0.05) is 17.1 Å². The normalized spacial score (nSPS) is 10.9. The molecule has 0 radical (unpaired) electrons. The lowest BCUT2D eigenvalue weighted by Crippen LogP contribution is -2.34. The number of hydrogen-bond acceptors (Lipinski definition) is 6. The number of hydrogen-bond donors (Lipinski definition) is 2. The molecule has 0 fully saturated rings. The maximum atomic E-state index is 12.5. The van der Waals surface area contributed by atoms with Gasteiger partial charge in [0.05, 0.1) is 5.75 Å². The average Bonchev–Trinajstić information content (AvgIpc) is 2.71. The van der Waals surface area contributed by atoms with Crippen LogP contribution in [0.5, 0.6) is 0 Å². The van der Waals surface area contributed by atoms with Crippen molar-refractivity contribution in [1.82, 2.24) is 14.9 Å². The van der Waals surface area contributed by atoms with E-state index in [-0.39, 0.29) is 22.5 Å². The van der Waals surface area contributed by atoms with Crippen molar-refractivity contribution in [2.24, 2.45) is 0 Å². The van der Waals surface area contributed by atoms with Crippen LogP contribution in [0.3, 0.4) is 0 Å². The van der Waals surface area contributed by atoms with Crippen molar-refractivity contribution in [2.45, 2.75) is 31.3 Å². The van der Waals surface area contributed by atoms with E-state index < -0.39 is 5.56 Å². The third kappa shape index (κ3) is 5.61. The summed E-state index contributed by atoms with van der Waals surface area (Å²) in [7, 11) is 0. The molecule has 1 amide bonds. The monoisotopic (exact) mass is 443 g/mol. The Kier molecular flexibility index (Phi) is 7.12. The lowest BCUT2D eigenvalue weighted by atomic mass is 10.0. The predicted octanol–water partition coefficient (Wildman–Crippen LogP) is 3.45. The number of carbonyl (C=O) groups excluding carboxylic acids is 1. The number of halogens is 1. The topological polar surface area (TPSA) is 103 Å². The van der Waals surface area contributed by atoms with Crippen molar-refractivity contribution in [3.63, 3.8) is 0 Å². The quantitative estimate of drug-likeness (QED) is 0.428. The van der Waals surface area contributed by atoms with Crippen LogP contribution in [0.1, 0.15) is 36.6 Å². The van der Waals surface area contributed by atoms with Crippen LogP contribution in [0.2, 0.25) is 5.02 Å². The predicted molar refractivity (Wildman–Crippen MR) is 121 cm³/mol. The fourth-order valence-corrected chi connectivity index (χ4v) is 3.58. The molecule has 0 atom stereocenters. The second-order valence-electron chi connectivity index (χ2n) is 7.02. The number of thioether (sulfide) groups is 1. The molecule has 0 spiro atoms. The largest absolute Gasteiger partial charge is 0.334 e. The fourth-order valence-electron chi connectivity index (χ4n) is 2.74. The molecule has 0 saturated carbocycles. The van der Waals surface area contributed by atoms with Crippen molar-refractivity contribution >= 4 is 35.0 Å². The number of amides is 1. The van der Waals surface area contributed by atoms with Gasteiger partial charge < -0.3 is 11.2 Å². The Balaban J connectivity index is 1.64. The van der Waals surface area contributed by atoms with Crippen LogP contribution in [0.25, 0.3) is 0 Å². The first-order valence-electron chi connectivity index (χ1n) is 9.34. The molecule has 0 saturated heterocycles. The Labute approximate surface area is 183 Å². The van der Waals surface area contributed by atoms with Crippen LogP contribution in [0, 0.1) is 0 Å². The second-order valence-corrected chi connectivity index (χ2v) is 8.40. The summed E-state index contributed by atoms with van der Waals surface area (Å²) in [6.07, 6.45) is 0.335. The van der Waals surface area contributed by atoms with Crippen LogP contribution in [-0.2, 0) is 11.2 Å². The van der Waals surface area contributed by atoms with Gasteiger partial charge in [0.25, 0.3) is 5.56 Å². The van der Waals surface area contributed by atoms with Crippen LogP contribution >= 0.6 is 23.4 Å². The van der Waals surface area contributed by atoms with E-state index in [0.717, 1.165) is 22.0 Å². The van der Waals surface area contributed by atoms with Crippen molar-refractivity contribution in [3.8, 4) is 0 Å². The zero-order valence-corrected chi connectivity index (χ0v) is 18.2. The molecule has 30 heavy (non-hydrogen) atoms. The summed E-state index contributed by atoms with van der Waals surface area (Å²) in [4.78, 5) is 24.7. The van der Waals surface area contributed by atoms with Gasteiger partial charge >= 0.3 is 0 Å². The summed E-state index contributed by atoms with van der Waals surface area (Å²) in [5, 5.41) is 11.5. The van der Waals surface area contributed by atoms with Crippen molar-refractivity contribution in [2.75, 3.05) is 16.9 Å². The van der Waals surface area contributed by atoms with E-state index in [9.17, 15) is 9.59 Å². The molecule has 0 bridgehead atoms. The molecule has 156 valence electrons. The standard InChI is InChI=1S/C21H22ClN5O2S/c1-13(2)15-8-6-14(7-9-15)10-18-20(29)27(23)21(26-25-18)30-12-19(28)24-17-5-3-4-16(22)11-17/h3-9,11,13H,10,12,23H2,1-2H3,(H,24,28). The molecule has 0 unspecified atom stereocenters. The first-order valence-corrected chi connectivity index (χ1v) is 10.7. The number of aromatic nitrogens is 3. The summed E-state index contributed by atoms with van der Waals surface area (Å²) in [5.41, 5.74) is 2.58. The Morgan fingerprint density at radius 1 is 1.20 bits per heavy atom.